The number of aliphatic carboxylic acids is 1. The first-order valence-electron chi connectivity index (χ1n) is 7.78. The summed E-state index contributed by atoms with van der Waals surface area (Å²) in [6.45, 7) is -0.388. The second kappa shape index (κ2) is 8.02. The molecule has 1 atom stereocenters. The van der Waals surface area contributed by atoms with Crippen LogP contribution in [0.1, 0.15) is 5.56 Å². The number of hydrazone groups is 1. The summed E-state index contributed by atoms with van der Waals surface area (Å²) in [4.78, 5) is 22.8. The number of hydrogen-bond acceptors (Lipinski definition) is 6. The Morgan fingerprint density at radius 1 is 1.19 bits per heavy atom. The number of ether oxygens (including phenoxy) is 3. The van der Waals surface area contributed by atoms with Crippen molar-refractivity contribution in [3.63, 3.8) is 0 Å². The van der Waals surface area contributed by atoms with Crippen LogP contribution < -0.4 is 19.6 Å². The maximum atomic E-state index is 12.2. The Morgan fingerprint density at radius 2 is 1.92 bits per heavy atom. The monoisotopic (exact) mass is 356 g/mol. The minimum absolute atomic E-state index is 0.0800. The highest BCUT2D eigenvalue weighted by molar-refractivity contribution is 5.86. The number of rotatable bonds is 6. The van der Waals surface area contributed by atoms with Gasteiger partial charge in [0.1, 0.15) is 12.4 Å². The third kappa shape index (κ3) is 4.29. The third-order valence-electron chi connectivity index (χ3n) is 3.45. The van der Waals surface area contributed by atoms with Gasteiger partial charge in [0.25, 0.3) is 5.91 Å². The fourth-order valence-electron chi connectivity index (χ4n) is 2.24. The number of nitrogens with zero attached hydrogens (tertiary/aromatic N) is 1. The number of carbonyl (C=O) groups excluding carboxylic acids is 1. The zero-order chi connectivity index (χ0) is 18.4. The van der Waals surface area contributed by atoms with Crippen LogP contribution >= 0.6 is 0 Å². The maximum absolute atomic E-state index is 12.2. The molecule has 1 aliphatic rings. The Kier molecular flexibility index (Phi) is 5.33. The summed E-state index contributed by atoms with van der Waals surface area (Å²) in [5, 5.41) is 12.6. The molecule has 8 heteroatoms. The van der Waals surface area contributed by atoms with E-state index in [9.17, 15) is 9.59 Å². The molecule has 8 nitrogen and oxygen atoms in total. The average Bonchev–Trinajstić information content (AvgIpc) is 2.66. The average molecular weight is 356 g/mol. The molecule has 1 amide bonds. The second-order valence-electron chi connectivity index (χ2n) is 5.32. The highest BCUT2D eigenvalue weighted by atomic mass is 16.6. The van der Waals surface area contributed by atoms with Crippen molar-refractivity contribution in [2.75, 3.05) is 13.2 Å². The molecule has 0 saturated carbocycles. The van der Waals surface area contributed by atoms with Crippen molar-refractivity contribution >= 4 is 18.1 Å². The van der Waals surface area contributed by atoms with Crippen molar-refractivity contribution in [2.24, 2.45) is 5.10 Å². The Bertz CT molecular complexity index is 836. The van der Waals surface area contributed by atoms with Crippen molar-refractivity contribution in [2.45, 2.75) is 6.10 Å². The number of carbonyl (C=O) groups is 2. The summed E-state index contributed by atoms with van der Waals surface area (Å²) in [7, 11) is 0. The number of benzene rings is 2. The van der Waals surface area contributed by atoms with Crippen LogP contribution in [0.25, 0.3) is 0 Å². The molecule has 0 unspecified atom stereocenters. The first-order valence-corrected chi connectivity index (χ1v) is 7.78. The number of carboxylic acid groups (broad SMARTS) is 1. The van der Waals surface area contributed by atoms with Gasteiger partial charge in [-0.25, -0.2) is 10.2 Å². The van der Waals surface area contributed by atoms with E-state index >= 15 is 0 Å². The van der Waals surface area contributed by atoms with Gasteiger partial charge in [-0.05, 0) is 24.3 Å². The molecule has 1 aliphatic heterocycles. The van der Waals surface area contributed by atoms with Gasteiger partial charge >= 0.3 is 5.97 Å². The quantitative estimate of drug-likeness (QED) is 0.599. The minimum Gasteiger partial charge on any atom is -0.485 e. The molecular formula is C18H16N2O6. The highest BCUT2D eigenvalue weighted by Crippen LogP contribution is 2.30. The predicted molar refractivity (Wildman–Crippen MR) is 91.7 cm³/mol. The van der Waals surface area contributed by atoms with E-state index in [0.717, 1.165) is 0 Å². The Morgan fingerprint density at radius 3 is 2.73 bits per heavy atom. The summed E-state index contributed by atoms with van der Waals surface area (Å²) < 4.78 is 16.2. The van der Waals surface area contributed by atoms with E-state index in [1.165, 1.54) is 6.21 Å². The fourth-order valence-corrected chi connectivity index (χ4v) is 2.24. The van der Waals surface area contributed by atoms with Gasteiger partial charge in [-0.3, -0.25) is 4.79 Å². The zero-order valence-corrected chi connectivity index (χ0v) is 13.6. The van der Waals surface area contributed by atoms with E-state index in [0.29, 0.717) is 22.8 Å². The van der Waals surface area contributed by atoms with Crippen molar-refractivity contribution in [3.8, 4) is 17.2 Å². The van der Waals surface area contributed by atoms with Crippen LogP contribution in [0, 0.1) is 0 Å². The van der Waals surface area contributed by atoms with Gasteiger partial charge in [-0.15, -0.1) is 0 Å². The minimum atomic E-state index is -1.08. The second-order valence-corrected chi connectivity index (χ2v) is 5.32. The van der Waals surface area contributed by atoms with E-state index in [4.69, 9.17) is 19.3 Å². The van der Waals surface area contributed by atoms with Gasteiger partial charge in [0.2, 0.25) is 6.10 Å². The molecule has 2 aromatic rings. The van der Waals surface area contributed by atoms with Crippen LogP contribution in [0.15, 0.2) is 53.6 Å². The zero-order valence-electron chi connectivity index (χ0n) is 13.6. The number of hydrogen-bond donors (Lipinski definition) is 2. The summed E-state index contributed by atoms with van der Waals surface area (Å²) in [6.07, 6.45) is 0.549. The molecule has 26 heavy (non-hydrogen) atoms. The molecule has 0 aromatic heterocycles. The predicted octanol–water partition coefficient (Wildman–Crippen LogP) is 1.44. The van der Waals surface area contributed by atoms with E-state index in [1.807, 2.05) is 6.07 Å². The summed E-state index contributed by atoms with van der Waals surface area (Å²) in [5.74, 6) is -0.113. The number of carboxylic acids is 1. The summed E-state index contributed by atoms with van der Waals surface area (Å²) in [5.41, 5.74) is 2.91. The van der Waals surface area contributed by atoms with Crippen molar-refractivity contribution in [1.82, 2.24) is 5.43 Å². The number of fused-ring (bicyclic) bond motifs is 1. The Labute approximate surface area is 149 Å². The first-order chi connectivity index (χ1) is 12.6. The lowest BCUT2D eigenvalue weighted by molar-refractivity contribution is -0.139. The van der Waals surface area contributed by atoms with Crippen LogP contribution in [-0.2, 0) is 9.59 Å². The molecule has 3 rings (SSSR count). The number of para-hydroxylation sites is 3. The molecule has 1 heterocycles. The molecule has 0 saturated heterocycles. The lowest BCUT2D eigenvalue weighted by atomic mass is 10.2. The highest BCUT2D eigenvalue weighted by Gasteiger charge is 2.26. The van der Waals surface area contributed by atoms with E-state index in [1.54, 1.807) is 42.5 Å². The molecule has 0 fully saturated rings. The van der Waals surface area contributed by atoms with E-state index in [-0.39, 0.29) is 6.61 Å². The van der Waals surface area contributed by atoms with Crippen molar-refractivity contribution < 1.29 is 28.9 Å². The van der Waals surface area contributed by atoms with Crippen molar-refractivity contribution in [3.05, 3.63) is 54.1 Å². The van der Waals surface area contributed by atoms with Crippen LogP contribution in [0.5, 0.6) is 17.2 Å². The van der Waals surface area contributed by atoms with Gasteiger partial charge in [-0.2, -0.15) is 5.10 Å². The smallest absolute Gasteiger partial charge is 0.341 e. The van der Waals surface area contributed by atoms with Gasteiger partial charge < -0.3 is 19.3 Å². The summed E-state index contributed by atoms with van der Waals surface area (Å²) >= 11 is 0. The van der Waals surface area contributed by atoms with Crippen LogP contribution in [0.2, 0.25) is 0 Å². The Balaban J connectivity index is 1.59. The molecule has 0 aliphatic carbocycles. The first kappa shape index (κ1) is 17.3. The topological polar surface area (TPSA) is 106 Å². The van der Waals surface area contributed by atoms with Crippen LogP contribution in [0.3, 0.4) is 0 Å². The molecule has 2 N–H and O–H groups in total. The molecule has 134 valence electrons. The van der Waals surface area contributed by atoms with Gasteiger partial charge in [0, 0.05) is 5.56 Å². The van der Waals surface area contributed by atoms with E-state index in [2.05, 4.69) is 10.5 Å². The number of nitrogens with one attached hydrogen (secondary N) is 1. The van der Waals surface area contributed by atoms with Gasteiger partial charge in [0.05, 0.1) is 6.21 Å². The third-order valence-corrected chi connectivity index (χ3v) is 3.45. The fraction of sp³-hybridized carbons (Fsp3) is 0.167. The van der Waals surface area contributed by atoms with Crippen LogP contribution in [0.4, 0.5) is 0 Å². The van der Waals surface area contributed by atoms with Gasteiger partial charge in [0.15, 0.2) is 18.1 Å². The normalized spacial score (nSPS) is 15.5. The lowest BCUT2D eigenvalue weighted by Gasteiger charge is -2.24. The van der Waals surface area contributed by atoms with Crippen LogP contribution in [-0.4, -0.2) is 42.5 Å². The standard InChI is InChI=1S/C18H16N2O6/c21-17(22)11-25-13-6-2-1-5-12(13)9-19-20-18(23)16-10-24-14-7-3-4-8-15(14)26-16/h1-9,16H,10-11H2,(H,20,23)(H,21,22)/b19-9+/t16-/m0/s1. The number of amides is 1. The molecule has 0 radical (unpaired) electrons. The Hall–Kier alpha value is -3.55. The molecule has 0 bridgehead atoms. The van der Waals surface area contributed by atoms with Crippen molar-refractivity contribution in [1.29, 1.82) is 0 Å². The SMILES string of the molecule is O=C(O)COc1ccccc1/C=N/NC(=O)[C@@H]1COc2ccccc2O1. The largest absolute Gasteiger partial charge is 0.485 e. The summed E-state index contributed by atoms with van der Waals surface area (Å²) in [6, 6.07) is 13.8. The van der Waals surface area contributed by atoms with E-state index < -0.39 is 24.6 Å². The molecular weight excluding hydrogens is 340 g/mol. The molecule has 0 spiro atoms. The maximum Gasteiger partial charge on any atom is 0.341 e. The molecule has 2 aromatic carbocycles. The lowest BCUT2D eigenvalue weighted by Crippen LogP contribution is -2.42. The van der Waals surface area contributed by atoms with Gasteiger partial charge in [-0.1, -0.05) is 24.3 Å².